The van der Waals surface area contributed by atoms with Gasteiger partial charge in [0.15, 0.2) is 0 Å². The molecular formula is C12H17NO3. The van der Waals surface area contributed by atoms with Gasteiger partial charge in [0, 0.05) is 5.69 Å². The van der Waals surface area contributed by atoms with Crippen LogP contribution in [0.4, 0.5) is 0 Å². The van der Waals surface area contributed by atoms with E-state index in [2.05, 4.69) is 4.98 Å². The van der Waals surface area contributed by atoms with Crippen molar-refractivity contribution in [2.75, 3.05) is 6.61 Å². The van der Waals surface area contributed by atoms with E-state index in [1.54, 1.807) is 13.1 Å². The summed E-state index contributed by atoms with van der Waals surface area (Å²) in [5, 5.41) is 0. The van der Waals surface area contributed by atoms with Crippen LogP contribution in [0.15, 0.2) is 18.3 Å². The predicted molar refractivity (Wildman–Crippen MR) is 60.3 cm³/mol. The normalized spacial score (nSPS) is 11.9. The van der Waals surface area contributed by atoms with Gasteiger partial charge in [-0.3, -0.25) is 9.78 Å². The van der Waals surface area contributed by atoms with E-state index in [1.165, 1.54) is 0 Å². The minimum absolute atomic E-state index is 0.205. The van der Waals surface area contributed by atoms with E-state index in [9.17, 15) is 4.79 Å². The van der Waals surface area contributed by atoms with E-state index in [1.807, 2.05) is 26.0 Å². The average Bonchev–Trinajstić information content (AvgIpc) is 2.21. The molecule has 1 atom stereocenters. The van der Waals surface area contributed by atoms with Crippen molar-refractivity contribution in [2.45, 2.75) is 33.3 Å². The number of rotatable bonds is 5. The Morgan fingerprint density at radius 3 is 2.81 bits per heavy atom. The van der Waals surface area contributed by atoms with Crippen molar-refractivity contribution in [3.63, 3.8) is 0 Å². The Kier molecular flexibility index (Phi) is 4.76. The molecule has 0 bridgehead atoms. The molecule has 0 aliphatic heterocycles. The maximum Gasteiger partial charge on any atom is 0.309 e. The van der Waals surface area contributed by atoms with Crippen molar-refractivity contribution < 1.29 is 14.3 Å². The second-order valence-electron chi connectivity index (χ2n) is 3.57. The molecule has 0 fully saturated rings. The van der Waals surface area contributed by atoms with Gasteiger partial charge in [0.25, 0.3) is 0 Å². The lowest BCUT2D eigenvalue weighted by atomic mass is 10.3. The van der Waals surface area contributed by atoms with Gasteiger partial charge in [-0.15, -0.1) is 0 Å². The Labute approximate surface area is 95.6 Å². The summed E-state index contributed by atoms with van der Waals surface area (Å²) in [4.78, 5) is 15.3. The molecule has 16 heavy (non-hydrogen) atoms. The van der Waals surface area contributed by atoms with E-state index in [0.717, 1.165) is 5.69 Å². The van der Waals surface area contributed by atoms with Crippen molar-refractivity contribution in [3.8, 4) is 5.75 Å². The molecule has 0 spiro atoms. The summed E-state index contributed by atoms with van der Waals surface area (Å²) in [5.41, 5.74) is 0.936. The first-order valence-corrected chi connectivity index (χ1v) is 5.36. The maximum atomic E-state index is 11.2. The molecule has 0 aliphatic carbocycles. The summed E-state index contributed by atoms with van der Waals surface area (Å²) in [6.07, 6.45) is 1.70. The van der Waals surface area contributed by atoms with E-state index >= 15 is 0 Å². The van der Waals surface area contributed by atoms with Gasteiger partial charge in [0.1, 0.15) is 11.9 Å². The topological polar surface area (TPSA) is 48.4 Å². The first kappa shape index (κ1) is 12.5. The van der Waals surface area contributed by atoms with Gasteiger partial charge in [-0.2, -0.15) is 0 Å². The monoisotopic (exact) mass is 223 g/mol. The molecule has 0 N–H and O–H groups in total. The van der Waals surface area contributed by atoms with Gasteiger partial charge < -0.3 is 9.47 Å². The second kappa shape index (κ2) is 6.10. The van der Waals surface area contributed by atoms with Crippen molar-refractivity contribution in [2.24, 2.45) is 0 Å². The number of nitrogens with zero attached hydrogens (tertiary/aromatic N) is 1. The van der Waals surface area contributed by atoms with Gasteiger partial charge in [-0.25, -0.2) is 0 Å². The number of aryl methyl sites for hydroxylation is 1. The third-order valence-electron chi connectivity index (χ3n) is 1.98. The molecular weight excluding hydrogens is 206 g/mol. The molecule has 0 aliphatic rings. The van der Waals surface area contributed by atoms with Gasteiger partial charge >= 0.3 is 5.97 Å². The molecule has 1 aromatic heterocycles. The van der Waals surface area contributed by atoms with Gasteiger partial charge in [0.2, 0.25) is 0 Å². The number of carbonyl (C=O) groups is 1. The summed E-state index contributed by atoms with van der Waals surface area (Å²) in [6, 6.07) is 3.70. The first-order chi connectivity index (χ1) is 7.61. The molecule has 1 rings (SSSR count). The molecule has 88 valence electrons. The van der Waals surface area contributed by atoms with Crippen LogP contribution < -0.4 is 4.74 Å². The van der Waals surface area contributed by atoms with Crippen LogP contribution in [0.3, 0.4) is 0 Å². The largest absolute Gasteiger partial charge is 0.489 e. The Bertz CT molecular complexity index is 335. The van der Waals surface area contributed by atoms with E-state index in [4.69, 9.17) is 9.47 Å². The quantitative estimate of drug-likeness (QED) is 0.717. The number of esters is 1. The molecule has 4 heteroatoms. The van der Waals surface area contributed by atoms with Gasteiger partial charge in [0.05, 0.1) is 19.2 Å². The van der Waals surface area contributed by atoms with Gasteiger partial charge in [-0.1, -0.05) is 0 Å². The molecule has 1 heterocycles. The highest BCUT2D eigenvalue weighted by molar-refractivity contribution is 5.69. The van der Waals surface area contributed by atoms with Crippen molar-refractivity contribution in [1.82, 2.24) is 4.98 Å². The number of pyridine rings is 1. The fourth-order valence-corrected chi connectivity index (χ4v) is 1.25. The van der Waals surface area contributed by atoms with Crippen molar-refractivity contribution in [3.05, 3.63) is 24.0 Å². The van der Waals surface area contributed by atoms with E-state index < -0.39 is 0 Å². The van der Waals surface area contributed by atoms with Crippen LogP contribution in [0.1, 0.15) is 26.0 Å². The number of carbonyl (C=O) groups excluding carboxylic acids is 1. The lowest BCUT2D eigenvalue weighted by Gasteiger charge is -2.13. The fourth-order valence-electron chi connectivity index (χ4n) is 1.25. The summed E-state index contributed by atoms with van der Waals surface area (Å²) in [6.45, 7) is 5.92. The Balaban J connectivity index is 2.42. The molecule has 1 aromatic rings. The lowest BCUT2D eigenvalue weighted by molar-refractivity contribution is -0.144. The Hall–Kier alpha value is -1.58. The zero-order valence-electron chi connectivity index (χ0n) is 9.90. The standard InChI is InChI=1S/C12H17NO3/c1-4-15-12(14)7-10(3)16-11-6-5-9(2)13-8-11/h5-6,8,10H,4,7H2,1-3H3. The van der Waals surface area contributed by atoms with Crippen LogP contribution in [0.25, 0.3) is 0 Å². The van der Waals surface area contributed by atoms with Gasteiger partial charge in [-0.05, 0) is 32.9 Å². The van der Waals surface area contributed by atoms with E-state index in [-0.39, 0.29) is 18.5 Å². The fraction of sp³-hybridized carbons (Fsp3) is 0.500. The molecule has 1 unspecified atom stereocenters. The number of ether oxygens (including phenoxy) is 2. The van der Waals surface area contributed by atoms with Crippen LogP contribution in [0, 0.1) is 6.92 Å². The number of hydrogen-bond donors (Lipinski definition) is 0. The summed E-state index contributed by atoms with van der Waals surface area (Å²) >= 11 is 0. The van der Waals surface area contributed by atoms with E-state index in [0.29, 0.717) is 12.4 Å². The highest BCUT2D eigenvalue weighted by atomic mass is 16.5. The summed E-state index contributed by atoms with van der Waals surface area (Å²) < 4.78 is 10.4. The highest BCUT2D eigenvalue weighted by Crippen LogP contribution is 2.12. The van der Waals surface area contributed by atoms with Crippen LogP contribution in [-0.4, -0.2) is 23.7 Å². The third-order valence-corrected chi connectivity index (χ3v) is 1.98. The third kappa shape index (κ3) is 4.29. The van der Waals surface area contributed by atoms with Crippen LogP contribution in [0.5, 0.6) is 5.75 Å². The van der Waals surface area contributed by atoms with Crippen molar-refractivity contribution in [1.29, 1.82) is 0 Å². The van der Waals surface area contributed by atoms with Crippen molar-refractivity contribution >= 4 is 5.97 Å². The zero-order chi connectivity index (χ0) is 12.0. The minimum atomic E-state index is -0.241. The van der Waals surface area contributed by atoms with Crippen LogP contribution in [-0.2, 0) is 9.53 Å². The number of aromatic nitrogens is 1. The Morgan fingerprint density at radius 1 is 1.50 bits per heavy atom. The molecule has 4 nitrogen and oxygen atoms in total. The molecule has 0 amide bonds. The summed E-state index contributed by atoms with van der Waals surface area (Å²) in [5.74, 6) is 0.428. The molecule has 0 saturated carbocycles. The first-order valence-electron chi connectivity index (χ1n) is 5.36. The predicted octanol–water partition coefficient (Wildman–Crippen LogP) is 2.11. The summed E-state index contributed by atoms with van der Waals surface area (Å²) in [7, 11) is 0. The SMILES string of the molecule is CCOC(=O)CC(C)Oc1ccc(C)nc1. The maximum absolute atomic E-state index is 11.2. The smallest absolute Gasteiger partial charge is 0.309 e. The lowest BCUT2D eigenvalue weighted by Crippen LogP contribution is -2.18. The minimum Gasteiger partial charge on any atom is -0.489 e. The van der Waals surface area contributed by atoms with Crippen LogP contribution in [0.2, 0.25) is 0 Å². The molecule has 0 radical (unpaired) electrons. The van der Waals surface area contributed by atoms with Crippen LogP contribution >= 0.6 is 0 Å². The average molecular weight is 223 g/mol. The zero-order valence-corrected chi connectivity index (χ0v) is 9.90. The molecule has 0 saturated heterocycles. The highest BCUT2D eigenvalue weighted by Gasteiger charge is 2.11. The second-order valence-corrected chi connectivity index (χ2v) is 3.57. The molecule has 0 aromatic carbocycles. The Morgan fingerprint density at radius 2 is 2.25 bits per heavy atom. The number of hydrogen-bond acceptors (Lipinski definition) is 4.